The van der Waals surface area contributed by atoms with Gasteiger partial charge in [-0.3, -0.25) is 4.57 Å². The minimum absolute atomic E-state index is 0.211. The summed E-state index contributed by atoms with van der Waals surface area (Å²) in [5.74, 6) is 1.37. The molecule has 0 radical (unpaired) electrons. The standard InChI is InChI=1S/C25H24ClN5OS/c1-17-8-12-21(13-9-17)28-24(32)27-15-23-29-30-25(33-16-19-6-4-3-5-7-19)31(23)22-14-20(26)11-10-18(22)2/h3-14H,15-16H2,1-2H3,(H2,27,28,32). The average Bonchev–Trinajstić information content (AvgIpc) is 3.22. The lowest BCUT2D eigenvalue weighted by Gasteiger charge is -2.14. The highest BCUT2D eigenvalue weighted by Crippen LogP contribution is 2.28. The topological polar surface area (TPSA) is 71.8 Å². The van der Waals surface area contributed by atoms with Gasteiger partial charge < -0.3 is 10.6 Å². The van der Waals surface area contributed by atoms with Crippen molar-refractivity contribution in [3.05, 3.63) is 100 Å². The summed E-state index contributed by atoms with van der Waals surface area (Å²) in [6, 6.07) is 23.2. The Morgan fingerprint density at radius 3 is 2.52 bits per heavy atom. The Morgan fingerprint density at radius 1 is 1.00 bits per heavy atom. The molecule has 4 aromatic rings. The van der Waals surface area contributed by atoms with Crippen molar-refractivity contribution in [3.63, 3.8) is 0 Å². The van der Waals surface area contributed by atoms with Gasteiger partial charge in [0, 0.05) is 16.5 Å². The van der Waals surface area contributed by atoms with Gasteiger partial charge in [0.15, 0.2) is 11.0 Å². The van der Waals surface area contributed by atoms with Crippen LogP contribution in [0.5, 0.6) is 0 Å². The first-order valence-corrected chi connectivity index (χ1v) is 11.8. The van der Waals surface area contributed by atoms with E-state index in [4.69, 9.17) is 11.6 Å². The molecule has 6 nitrogen and oxygen atoms in total. The molecule has 4 rings (SSSR count). The van der Waals surface area contributed by atoms with Crippen LogP contribution < -0.4 is 10.6 Å². The van der Waals surface area contributed by atoms with Crippen molar-refractivity contribution in [1.29, 1.82) is 0 Å². The van der Waals surface area contributed by atoms with E-state index in [0.717, 1.165) is 33.4 Å². The lowest BCUT2D eigenvalue weighted by atomic mass is 10.2. The first-order valence-electron chi connectivity index (χ1n) is 10.5. The molecule has 2 N–H and O–H groups in total. The van der Waals surface area contributed by atoms with E-state index >= 15 is 0 Å². The third kappa shape index (κ3) is 5.94. The van der Waals surface area contributed by atoms with E-state index in [1.165, 1.54) is 5.56 Å². The number of anilines is 1. The molecule has 33 heavy (non-hydrogen) atoms. The second-order valence-corrected chi connectivity index (χ2v) is 8.99. The Balaban J connectivity index is 1.55. The van der Waals surface area contributed by atoms with Gasteiger partial charge in [-0.25, -0.2) is 4.79 Å². The molecule has 168 valence electrons. The maximum Gasteiger partial charge on any atom is 0.319 e. The molecule has 0 aliphatic rings. The van der Waals surface area contributed by atoms with Gasteiger partial charge >= 0.3 is 6.03 Å². The van der Waals surface area contributed by atoms with Crippen LogP contribution in [0.15, 0.2) is 78.0 Å². The van der Waals surface area contributed by atoms with Crippen LogP contribution in [0.3, 0.4) is 0 Å². The molecule has 0 saturated heterocycles. The zero-order valence-electron chi connectivity index (χ0n) is 18.4. The largest absolute Gasteiger partial charge is 0.331 e. The van der Waals surface area contributed by atoms with Gasteiger partial charge in [-0.1, -0.05) is 77.5 Å². The first kappa shape index (κ1) is 22.9. The average molecular weight is 478 g/mol. The fourth-order valence-corrected chi connectivity index (χ4v) is 4.35. The summed E-state index contributed by atoms with van der Waals surface area (Å²) in [5, 5.41) is 15.9. The van der Waals surface area contributed by atoms with Crippen LogP contribution in [-0.2, 0) is 12.3 Å². The molecule has 0 aliphatic heterocycles. The number of carbonyl (C=O) groups excluding carboxylic acids is 1. The van der Waals surface area contributed by atoms with Crippen LogP contribution in [0.2, 0.25) is 5.02 Å². The van der Waals surface area contributed by atoms with Crippen LogP contribution in [0, 0.1) is 13.8 Å². The van der Waals surface area contributed by atoms with Crippen LogP contribution in [0.4, 0.5) is 10.5 Å². The summed E-state index contributed by atoms with van der Waals surface area (Å²) in [6.07, 6.45) is 0. The van der Waals surface area contributed by atoms with E-state index in [1.54, 1.807) is 11.8 Å². The molecular weight excluding hydrogens is 454 g/mol. The fraction of sp³-hybridized carbons (Fsp3) is 0.160. The number of amides is 2. The van der Waals surface area contributed by atoms with E-state index in [0.29, 0.717) is 10.8 Å². The summed E-state index contributed by atoms with van der Waals surface area (Å²) in [7, 11) is 0. The normalized spacial score (nSPS) is 10.8. The van der Waals surface area contributed by atoms with Crippen molar-refractivity contribution in [2.24, 2.45) is 0 Å². The van der Waals surface area contributed by atoms with E-state index in [-0.39, 0.29) is 12.6 Å². The van der Waals surface area contributed by atoms with Gasteiger partial charge in [-0.2, -0.15) is 0 Å². The predicted octanol–water partition coefficient (Wildman–Crippen LogP) is 6.15. The zero-order chi connectivity index (χ0) is 23.2. The summed E-state index contributed by atoms with van der Waals surface area (Å²) in [5.41, 5.74) is 4.97. The van der Waals surface area contributed by atoms with Gasteiger partial charge in [0.05, 0.1) is 12.2 Å². The van der Waals surface area contributed by atoms with Crippen molar-refractivity contribution in [2.45, 2.75) is 31.3 Å². The Morgan fingerprint density at radius 2 is 1.76 bits per heavy atom. The molecule has 3 aromatic carbocycles. The molecule has 0 saturated carbocycles. The first-order chi connectivity index (χ1) is 16.0. The zero-order valence-corrected chi connectivity index (χ0v) is 20.0. The lowest BCUT2D eigenvalue weighted by Crippen LogP contribution is -2.29. The molecule has 1 aromatic heterocycles. The molecule has 0 aliphatic carbocycles. The maximum absolute atomic E-state index is 12.5. The number of rotatable bonds is 7. The number of hydrogen-bond donors (Lipinski definition) is 2. The number of hydrogen-bond acceptors (Lipinski definition) is 4. The van der Waals surface area contributed by atoms with E-state index < -0.39 is 0 Å². The lowest BCUT2D eigenvalue weighted by molar-refractivity contribution is 0.251. The highest BCUT2D eigenvalue weighted by atomic mass is 35.5. The SMILES string of the molecule is Cc1ccc(NC(=O)NCc2nnc(SCc3ccccc3)n2-c2cc(Cl)ccc2C)cc1. The van der Waals surface area contributed by atoms with E-state index in [2.05, 4.69) is 33.0 Å². The van der Waals surface area contributed by atoms with Crippen molar-refractivity contribution >= 4 is 35.1 Å². The van der Waals surface area contributed by atoms with Crippen LogP contribution >= 0.6 is 23.4 Å². The Kier molecular flexibility index (Phi) is 7.32. The summed E-state index contributed by atoms with van der Waals surface area (Å²) in [6.45, 7) is 4.23. The summed E-state index contributed by atoms with van der Waals surface area (Å²) in [4.78, 5) is 12.5. The number of aromatic nitrogens is 3. The third-order valence-electron chi connectivity index (χ3n) is 5.04. The van der Waals surface area contributed by atoms with Crippen molar-refractivity contribution in [1.82, 2.24) is 20.1 Å². The van der Waals surface area contributed by atoms with Crippen LogP contribution in [0.25, 0.3) is 5.69 Å². The van der Waals surface area contributed by atoms with Crippen molar-refractivity contribution in [3.8, 4) is 5.69 Å². The quantitative estimate of drug-likeness (QED) is 0.313. The number of nitrogens with zero attached hydrogens (tertiary/aromatic N) is 3. The Labute approximate surface area is 202 Å². The number of aryl methyl sites for hydroxylation is 2. The second-order valence-electron chi connectivity index (χ2n) is 7.61. The van der Waals surface area contributed by atoms with Crippen molar-refractivity contribution in [2.75, 3.05) is 5.32 Å². The molecule has 0 bridgehead atoms. The fourth-order valence-electron chi connectivity index (χ4n) is 3.27. The number of benzene rings is 3. The van der Waals surface area contributed by atoms with Gasteiger partial charge in [0.2, 0.25) is 0 Å². The third-order valence-corrected chi connectivity index (χ3v) is 6.27. The van der Waals surface area contributed by atoms with Gasteiger partial charge in [0.1, 0.15) is 0 Å². The van der Waals surface area contributed by atoms with Gasteiger partial charge in [-0.15, -0.1) is 10.2 Å². The molecule has 0 unspecified atom stereocenters. The van der Waals surface area contributed by atoms with Gasteiger partial charge in [0.25, 0.3) is 0 Å². The molecule has 2 amide bonds. The number of thioether (sulfide) groups is 1. The number of urea groups is 1. The van der Waals surface area contributed by atoms with E-state index in [9.17, 15) is 4.79 Å². The second kappa shape index (κ2) is 10.6. The number of nitrogens with one attached hydrogen (secondary N) is 2. The van der Waals surface area contributed by atoms with Crippen LogP contribution in [-0.4, -0.2) is 20.8 Å². The monoisotopic (exact) mass is 477 g/mol. The van der Waals surface area contributed by atoms with E-state index in [1.807, 2.05) is 79.1 Å². The molecule has 0 spiro atoms. The molecule has 8 heteroatoms. The van der Waals surface area contributed by atoms with Gasteiger partial charge in [-0.05, 0) is 49.2 Å². The minimum atomic E-state index is -0.310. The predicted molar refractivity (Wildman–Crippen MR) is 134 cm³/mol. The minimum Gasteiger partial charge on any atom is -0.331 e. The molecule has 1 heterocycles. The van der Waals surface area contributed by atoms with Crippen LogP contribution in [0.1, 0.15) is 22.5 Å². The number of carbonyl (C=O) groups is 1. The highest BCUT2D eigenvalue weighted by Gasteiger charge is 2.17. The Bertz CT molecular complexity index is 1240. The summed E-state index contributed by atoms with van der Waals surface area (Å²) < 4.78 is 1.96. The smallest absolute Gasteiger partial charge is 0.319 e. The molecule has 0 fully saturated rings. The number of halogens is 1. The van der Waals surface area contributed by atoms with Crippen molar-refractivity contribution < 1.29 is 4.79 Å². The molecular formula is C25H24ClN5OS. The highest BCUT2D eigenvalue weighted by molar-refractivity contribution is 7.98. The maximum atomic E-state index is 12.5. The summed E-state index contributed by atoms with van der Waals surface area (Å²) >= 11 is 7.89. The Hall–Kier alpha value is -3.29. The molecule has 0 atom stereocenters.